The van der Waals surface area contributed by atoms with Gasteiger partial charge < -0.3 is 5.11 Å². The molecule has 0 unspecified atom stereocenters. The highest BCUT2D eigenvalue weighted by Crippen LogP contribution is 2.37. The van der Waals surface area contributed by atoms with Gasteiger partial charge in [-0.1, -0.05) is 24.3 Å². The summed E-state index contributed by atoms with van der Waals surface area (Å²) >= 11 is 0. The van der Waals surface area contributed by atoms with E-state index in [1.54, 1.807) is 10.9 Å². The van der Waals surface area contributed by atoms with Crippen LogP contribution in [-0.4, -0.2) is 40.8 Å². The SMILES string of the molecule is CCn1cc(S(=O)(=O)N(CCO)[C@@H]2CCCc3ccccc32)cn1. The van der Waals surface area contributed by atoms with Crippen LogP contribution in [0.25, 0.3) is 0 Å². The molecule has 3 rings (SSSR count). The zero-order valence-corrected chi connectivity index (χ0v) is 14.6. The number of aryl methyl sites for hydroxylation is 2. The zero-order chi connectivity index (χ0) is 17.2. The van der Waals surface area contributed by atoms with Gasteiger partial charge in [0, 0.05) is 19.3 Å². The molecule has 1 N–H and O–H groups in total. The molecule has 1 aromatic heterocycles. The predicted octanol–water partition coefficient (Wildman–Crippen LogP) is 1.96. The molecule has 1 heterocycles. The third kappa shape index (κ3) is 3.11. The van der Waals surface area contributed by atoms with Gasteiger partial charge in [0.15, 0.2) is 0 Å². The second-order valence-corrected chi connectivity index (χ2v) is 7.87. The molecule has 7 heteroatoms. The van der Waals surface area contributed by atoms with Gasteiger partial charge in [0.05, 0.1) is 18.8 Å². The van der Waals surface area contributed by atoms with Crippen molar-refractivity contribution < 1.29 is 13.5 Å². The number of aliphatic hydroxyl groups is 1. The van der Waals surface area contributed by atoms with Gasteiger partial charge in [-0.15, -0.1) is 0 Å². The van der Waals surface area contributed by atoms with Crippen LogP contribution >= 0.6 is 0 Å². The van der Waals surface area contributed by atoms with Crippen molar-refractivity contribution in [1.29, 1.82) is 0 Å². The molecule has 0 amide bonds. The molecule has 2 aromatic rings. The van der Waals surface area contributed by atoms with Crippen molar-refractivity contribution in [3.05, 3.63) is 47.8 Å². The van der Waals surface area contributed by atoms with Crippen molar-refractivity contribution in [2.24, 2.45) is 0 Å². The van der Waals surface area contributed by atoms with Crippen LogP contribution in [0.4, 0.5) is 0 Å². The second-order valence-electron chi connectivity index (χ2n) is 5.98. The molecule has 6 nitrogen and oxygen atoms in total. The first kappa shape index (κ1) is 17.1. The number of hydrogen-bond donors (Lipinski definition) is 1. The normalized spacial score (nSPS) is 17.9. The lowest BCUT2D eigenvalue weighted by atomic mass is 9.88. The lowest BCUT2D eigenvalue weighted by Crippen LogP contribution is -2.38. The molecule has 1 aliphatic carbocycles. The highest BCUT2D eigenvalue weighted by molar-refractivity contribution is 7.89. The van der Waals surface area contributed by atoms with Crippen LogP contribution in [0.5, 0.6) is 0 Å². The summed E-state index contributed by atoms with van der Waals surface area (Å²) in [7, 11) is -3.70. The van der Waals surface area contributed by atoms with E-state index in [0.29, 0.717) is 6.54 Å². The molecule has 0 spiro atoms. The first-order chi connectivity index (χ1) is 11.6. The fraction of sp³-hybridized carbons (Fsp3) is 0.471. The van der Waals surface area contributed by atoms with Gasteiger partial charge in [0.1, 0.15) is 4.90 Å². The summed E-state index contributed by atoms with van der Waals surface area (Å²) in [6.45, 7) is 2.40. The number of sulfonamides is 1. The summed E-state index contributed by atoms with van der Waals surface area (Å²) in [4.78, 5) is 0.181. The molecule has 0 fully saturated rings. The summed E-state index contributed by atoms with van der Waals surface area (Å²) in [6.07, 6.45) is 5.60. The summed E-state index contributed by atoms with van der Waals surface area (Å²) in [6, 6.07) is 7.74. The number of benzene rings is 1. The lowest BCUT2D eigenvalue weighted by molar-refractivity contribution is 0.215. The molecular formula is C17H23N3O3S. The first-order valence-corrected chi connectivity index (χ1v) is 9.75. The highest BCUT2D eigenvalue weighted by atomic mass is 32.2. The van der Waals surface area contributed by atoms with E-state index < -0.39 is 10.0 Å². The largest absolute Gasteiger partial charge is 0.395 e. The van der Waals surface area contributed by atoms with E-state index in [0.717, 1.165) is 24.8 Å². The Labute approximate surface area is 142 Å². The molecule has 0 aliphatic heterocycles. The van der Waals surface area contributed by atoms with Gasteiger partial charge >= 0.3 is 0 Å². The Morgan fingerprint density at radius 2 is 2.17 bits per heavy atom. The van der Waals surface area contributed by atoms with E-state index >= 15 is 0 Å². The molecule has 1 aliphatic rings. The van der Waals surface area contributed by atoms with Crippen molar-refractivity contribution in [1.82, 2.24) is 14.1 Å². The van der Waals surface area contributed by atoms with E-state index in [1.807, 2.05) is 25.1 Å². The quantitative estimate of drug-likeness (QED) is 0.865. The van der Waals surface area contributed by atoms with Crippen LogP contribution in [0.2, 0.25) is 0 Å². The minimum absolute atomic E-state index is 0.0820. The van der Waals surface area contributed by atoms with Crippen molar-refractivity contribution >= 4 is 10.0 Å². The summed E-state index contributed by atoms with van der Waals surface area (Å²) in [5.41, 5.74) is 2.24. The average Bonchev–Trinajstić information content (AvgIpc) is 3.09. The molecule has 130 valence electrons. The van der Waals surface area contributed by atoms with Crippen molar-refractivity contribution in [2.75, 3.05) is 13.2 Å². The smallest absolute Gasteiger partial charge is 0.246 e. The van der Waals surface area contributed by atoms with Gasteiger partial charge in [-0.3, -0.25) is 4.68 Å². The maximum Gasteiger partial charge on any atom is 0.246 e. The number of rotatable bonds is 6. The maximum absolute atomic E-state index is 13.1. The van der Waals surface area contributed by atoms with Crippen molar-refractivity contribution in [3.8, 4) is 0 Å². The van der Waals surface area contributed by atoms with Crippen LogP contribution in [0.15, 0.2) is 41.6 Å². The molecule has 0 saturated heterocycles. The molecule has 24 heavy (non-hydrogen) atoms. The summed E-state index contributed by atoms with van der Waals surface area (Å²) < 4.78 is 29.3. The Morgan fingerprint density at radius 3 is 2.88 bits per heavy atom. The van der Waals surface area contributed by atoms with E-state index in [9.17, 15) is 13.5 Å². The Kier molecular flexibility index (Phi) is 5.03. The average molecular weight is 349 g/mol. The maximum atomic E-state index is 13.1. The first-order valence-electron chi connectivity index (χ1n) is 8.31. The minimum atomic E-state index is -3.70. The molecule has 0 saturated carbocycles. The third-order valence-electron chi connectivity index (χ3n) is 4.55. The lowest BCUT2D eigenvalue weighted by Gasteiger charge is -2.34. The monoisotopic (exact) mass is 349 g/mol. The number of aromatic nitrogens is 2. The number of hydrogen-bond acceptors (Lipinski definition) is 4. The molecule has 0 bridgehead atoms. The van der Waals surface area contributed by atoms with Gasteiger partial charge in [-0.25, -0.2) is 8.42 Å². The Balaban J connectivity index is 2.01. The van der Waals surface area contributed by atoms with Gasteiger partial charge in [0.25, 0.3) is 0 Å². The van der Waals surface area contributed by atoms with Gasteiger partial charge in [0.2, 0.25) is 10.0 Å². The molecular weight excluding hydrogens is 326 g/mol. The molecule has 1 aromatic carbocycles. The molecule has 0 radical (unpaired) electrons. The standard InChI is InChI=1S/C17H23N3O3S/c1-2-19-13-15(12-18-19)24(22,23)20(10-11-21)17-9-5-7-14-6-3-4-8-16(14)17/h3-4,6,8,12-13,17,21H,2,5,7,9-11H2,1H3/t17-/m1/s1. The van der Waals surface area contributed by atoms with E-state index in [4.69, 9.17) is 0 Å². The Morgan fingerprint density at radius 1 is 1.38 bits per heavy atom. The molecule has 1 atom stereocenters. The van der Waals surface area contributed by atoms with Gasteiger partial charge in [-0.2, -0.15) is 9.40 Å². The highest BCUT2D eigenvalue weighted by Gasteiger charge is 2.35. The van der Waals surface area contributed by atoms with Crippen LogP contribution in [-0.2, 0) is 23.0 Å². The fourth-order valence-electron chi connectivity index (χ4n) is 3.36. The third-order valence-corrected chi connectivity index (χ3v) is 6.41. The van der Waals surface area contributed by atoms with Crippen LogP contribution in [0.3, 0.4) is 0 Å². The van der Waals surface area contributed by atoms with Crippen LogP contribution < -0.4 is 0 Å². The van der Waals surface area contributed by atoms with Crippen molar-refractivity contribution in [2.45, 2.75) is 43.7 Å². The number of nitrogens with zero attached hydrogens (tertiary/aromatic N) is 3. The van der Waals surface area contributed by atoms with Crippen molar-refractivity contribution in [3.63, 3.8) is 0 Å². The summed E-state index contributed by atoms with van der Waals surface area (Å²) in [5, 5.41) is 13.5. The Hall–Kier alpha value is -1.70. The van der Waals surface area contributed by atoms with E-state index in [1.165, 1.54) is 16.1 Å². The second kappa shape index (κ2) is 7.04. The van der Waals surface area contributed by atoms with Crippen LogP contribution in [0, 0.1) is 0 Å². The van der Waals surface area contributed by atoms with E-state index in [-0.39, 0.29) is 24.1 Å². The topological polar surface area (TPSA) is 75.4 Å². The predicted molar refractivity (Wildman–Crippen MR) is 91.0 cm³/mol. The van der Waals surface area contributed by atoms with Crippen LogP contribution in [0.1, 0.15) is 36.9 Å². The van der Waals surface area contributed by atoms with E-state index in [2.05, 4.69) is 11.2 Å². The zero-order valence-electron chi connectivity index (χ0n) is 13.8. The summed E-state index contributed by atoms with van der Waals surface area (Å²) in [5.74, 6) is 0. The number of aliphatic hydroxyl groups excluding tert-OH is 1. The minimum Gasteiger partial charge on any atom is -0.395 e. The Bertz CT molecular complexity index is 801. The van der Waals surface area contributed by atoms with Gasteiger partial charge in [-0.05, 0) is 37.3 Å². The fourth-order valence-corrected chi connectivity index (χ4v) is 4.94. The number of fused-ring (bicyclic) bond motifs is 1.